The molecule has 0 radical (unpaired) electrons. The van der Waals surface area contributed by atoms with Gasteiger partial charge in [-0.25, -0.2) is 4.98 Å². The number of nitrogens with zero attached hydrogens (tertiary/aromatic N) is 3. The Kier molecular flexibility index (Phi) is 3.50. The van der Waals surface area contributed by atoms with Crippen LogP contribution in [0, 0.1) is 0 Å². The van der Waals surface area contributed by atoms with Gasteiger partial charge in [-0.05, 0) is 18.1 Å². The van der Waals surface area contributed by atoms with Crippen LogP contribution in [0.15, 0.2) is 24.4 Å². The molecule has 2 aromatic heterocycles. The Hall–Kier alpha value is -2.37. The molecule has 2 rings (SSSR count). The molecule has 0 spiro atoms. The second-order valence-electron chi connectivity index (χ2n) is 4.66. The minimum atomic E-state index is -0.290. The fourth-order valence-corrected chi connectivity index (χ4v) is 1.79. The Balaban J connectivity index is 2.24. The van der Waals surface area contributed by atoms with Crippen LogP contribution < -0.4 is 11.1 Å². The van der Waals surface area contributed by atoms with Gasteiger partial charge in [-0.1, -0.05) is 19.9 Å². The average molecular weight is 259 g/mol. The molecule has 100 valence electrons. The van der Waals surface area contributed by atoms with Crippen LogP contribution in [0.1, 0.15) is 35.9 Å². The predicted octanol–water partition coefficient (Wildman–Crippen LogP) is 1.77. The van der Waals surface area contributed by atoms with Gasteiger partial charge < -0.3 is 11.1 Å². The first-order chi connectivity index (χ1) is 8.97. The zero-order chi connectivity index (χ0) is 14.0. The van der Waals surface area contributed by atoms with Gasteiger partial charge in [0.2, 0.25) is 0 Å². The van der Waals surface area contributed by atoms with Crippen LogP contribution in [0.4, 0.5) is 11.5 Å². The summed E-state index contributed by atoms with van der Waals surface area (Å²) in [6.45, 7) is 4.05. The van der Waals surface area contributed by atoms with Gasteiger partial charge in [0.25, 0.3) is 5.91 Å². The molecule has 0 aromatic carbocycles. The number of rotatable bonds is 3. The highest BCUT2D eigenvalue weighted by Crippen LogP contribution is 2.22. The van der Waals surface area contributed by atoms with Gasteiger partial charge in [0.05, 0.1) is 11.4 Å². The molecule has 0 unspecified atom stereocenters. The van der Waals surface area contributed by atoms with Crippen molar-refractivity contribution < 1.29 is 4.79 Å². The van der Waals surface area contributed by atoms with E-state index >= 15 is 0 Å². The maximum absolute atomic E-state index is 12.1. The van der Waals surface area contributed by atoms with Gasteiger partial charge in [-0.15, -0.1) is 0 Å². The number of nitrogen functional groups attached to an aromatic ring is 1. The highest BCUT2D eigenvalue weighted by atomic mass is 16.1. The van der Waals surface area contributed by atoms with Crippen molar-refractivity contribution in [2.75, 3.05) is 11.1 Å². The Bertz CT molecular complexity index is 603. The summed E-state index contributed by atoms with van der Waals surface area (Å²) in [7, 11) is 1.82. The molecule has 0 saturated carbocycles. The van der Waals surface area contributed by atoms with E-state index in [4.69, 9.17) is 5.73 Å². The molecular weight excluding hydrogens is 242 g/mol. The molecule has 6 heteroatoms. The summed E-state index contributed by atoms with van der Waals surface area (Å²) in [5.41, 5.74) is 7.40. The summed E-state index contributed by atoms with van der Waals surface area (Å²) >= 11 is 0. The molecule has 2 heterocycles. The number of hydrogen-bond donors (Lipinski definition) is 2. The summed E-state index contributed by atoms with van der Waals surface area (Å²) in [5, 5.41) is 7.15. The quantitative estimate of drug-likeness (QED) is 0.879. The lowest BCUT2D eigenvalue weighted by atomic mass is 10.1. The van der Waals surface area contributed by atoms with Gasteiger partial charge in [0, 0.05) is 13.2 Å². The van der Waals surface area contributed by atoms with Crippen molar-refractivity contribution in [3.63, 3.8) is 0 Å². The highest BCUT2D eigenvalue weighted by molar-refractivity contribution is 6.03. The fourth-order valence-electron chi connectivity index (χ4n) is 1.79. The fraction of sp³-hybridized carbons (Fsp3) is 0.308. The third kappa shape index (κ3) is 2.90. The van der Waals surface area contributed by atoms with Crippen LogP contribution in [0.3, 0.4) is 0 Å². The number of amides is 1. The number of nitrogens with one attached hydrogen (secondary N) is 1. The molecule has 1 amide bonds. The van der Waals surface area contributed by atoms with Crippen LogP contribution in [0.5, 0.6) is 0 Å². The van der Waals surface area contributed by atoms with E-state index in [0.717, 1.165) is 5.69 Å². The summed E-state index contributed by atoms with van der Waals surface area (Å²) in [6, 6.07) is 4.96. The molecule has 0 aliphatic rings. The lowest BCUT2D eigenvalue weighted by Gasteiger charge is -2.07. The van der Waals surface area contributed by atoms with E-state index in [2.05, 4.69) is 15.4 Å². The summed E-state index contributed by atoms with van der Waals surface area (Å²) in [6.07, 6.45) is 1.78. The number of aromatic nitrogens is 3. The molecule has 0 saturated heterocycles. The lowest BCUT2D eigenvalue weighted by molar-refractivity contribution is 0.102. The molecule has 6 nitrogen and oxygen atoms in total. The zero-order valence-corrected chi connectivity index (χ0v) is 11.2. The Morgan fingerprint density at radius 3 is 2.79 bits per heavy atom. The van der Waals surface area contributed by atoms with Crippen molar-refractivity contribution in [2.45, 2.75) is 19.8 Å². The number of aryl methyl sites for hydroxylation is 1. The Labute approximate surface area is 111 Å². The van der Waals surface area contributed by atoms with Crippen LogP contribution in [0.2, 0.25) is 0 Å². The van der Waals surface area contributed by atoms with Crippen molar-refractivity contribution in [1.29, 1.82) is 0 Å². The van der Waals surface area contributed by atoms with Gasteiger partial charge in [0.15, 0.2) is 0 Å². The van der Waals surface area contributed by atoms with E-state index in [1.54, 1.807) is 29.1 Å². The normalized spacial score (nSPS) is 10.7. The maximum atomic E-state index is 12.1. The van der Waals surface area contributed by atoms with Crippen LogP contribution in [-0.2, 0) is 7.05 Å². The number of hydrogen-bond acceptors (Lipinski definition) is 4. The Morgan fingerprint density at radius 1 is 1.42 bits per heavy atom. The predicted molar refractivity (Wildman–Crippen MR) is 73.9 cm³/mol. The molecule has 0 aliphatic carbocycles. The highest BCUT2D eigenvalue weighted by Gasteiger charge is 2.15. The van der Waals surface area contributed by atoms with Crippen molar-refractivity contribution in [3.05, 3.63) is 35.8 Å². The number of nitrogens with two attached hydrogens (primary N) is 1. The summed E-state index contributed by atoms with van der Waals surface area (Å²) in [4.78, 5) is 16.1. The van der Waals surface area contributed by atoms with Crippen molar-refractivity contribution >= 4 is 17.4 Å². The lowest BCUT2D eigenvalue weighted by Crippen LogP contribution is -2.15. The third-order valence-corrected chi connectivity index (χ3v) is 2.66. The van der Waals surface area contributed by atoms with Gasteiger partial charge in [-0.3, -0.25) is 9.48 Å². The molecule has 2 aromatic rings. The van der Waals surface area contributed by atoms with E-state index in [-0.39, 0.29) is 11.8 Å². The smallest absolute Gasteiger partial charge is 0.274 e. The average Bonchev–Trinajstić information content (AvgIpc) is 2.70. The molecule has 0 bridgehead atoms. The van der Waals surface area contributed by atoms with Crippen LogP contribution >= 0.6 is 0 Å². The number of anilines is 2. The standard InChI is InChI=1S/C13H17N5O/c1-8(2)12-10(7-18(3)17-12)16-13(19)9-5-4-6-11(14)15-9/h4-8H,1-3H3,(H2,14,15)(H,16,19). The largest absolute Gasteiger partial charge is 0.384 e. The number of carbonyl (C=O) groups is 1. The molecule has 0 atom stereocenters. The Morgan fingerprint density at radius 2 is 2.16 bits per heavy atom. The van der Waals surface area contributed by atoms with E-state index < -0.39 is 0 Å². The minimum absolute atomic E-state index is 0.227. The zero-order valence-electron chi connectivity index (χ0n) is 11.2. The third-order valence-electron chi connectivity index (χ3n) is 2.66. The first-order valence-electron chi connectivity index (χ1n) is 6.05. The van der Waals surface area contributed by atoms with Crippen molar-refractivity contribution in [1.82, 2.24) is 14.8 Å². The SMILES string of the molecule is CC(C)c1nn(C)cc1NC(=O)c1cccc(N)n1. The van der Waals surface area contributed by atoms with E-state index in [1.807, 2.05) is 20.9 Å². The summed E-state index contributed by atoms with van der Waals surface area (Å²) < 4.78 is 1.68. The maximum Gasteiger partial charge on any atom is 0.274 e. The van der Waals surface area contributed by atoms with Gasteiger partial charge >= 0.3 is 0 Å². The monoisotopic (exact) mass is 259 g/mol. The number of carbonyl (C=O) groups excluding carboxylic acids is 1. The topological polar surface area (TPSA) is 85.8 Å². The first-order valence-corrected chi connectivity index (χ1v) is 6.05. The molecular formula is C13H17N5O. The molecule has 19 heavy (non-hydrogen) atoms. The second-order valence-corrected chi connectivity index (χ2v) is 4.66. The van der Waals surface area contributed by atoms with Crippen LogP contribution in [-0.4, -0.2) is 20.7 Å². The number of pyridine rings is 1. The van der Waals surface area contributed by atoms with Gasteiger partial charge in [-0.2, -0.15) is 5.10 Å². The molecule has 3 N–H and O–H groups in total. The van der Waals surface area contributed by atoms with E-state index in [9.17, 15) is 4.79 Å². The minimum Gasteiger partial charge on any atom is -0.384 e. The molecule has 0 aliphatic heterocycles. The van der Waals surface area contributed by atoms with E-state index in [1.165, 1.54) is 0 Å². The first kappa shape index (κ1) is 13.1. The summed E-state index contributed by atoms with van der Waals surface area (Å²) in [5.74, 6) is 0.260. The van der Waals surface area contributed by atoms with Crippen molar-refractivity contribution in [2.24, 2.45) is 7.05 Å². The van der Waals surface area contributed by atoms with Gasteiger partial charge in [0.1, 0.15) is 11.5 Å². The molecule has 0 fully saturated rings. The van der Waals surface area contributed by atoms with Crippen molar-refractivity contribution in [3.8, 4) is 0 Å². The van der Waals surface area contributed by atoms with E-state index in [0.29, 0.717) is 17.2 Å². The second kappa shape index (κ2) is 5.09. The van der Waals surface area contributed by atoms with Crippen LogP contribution in [0.25, 0.3) is 0 Å².